The molecule has 31 heavy (non-hydrogen) atoms. The highest BCUT2D eigenvalue weighted by atomic mass is 35.5. The molecular weight excluding hydrogens is 404 g/mol. The number of benzene rings is 3. The quantitative estimate of drug-likeness (QED) is 0.403. The van der Waals surface area contributed by atoms with Crippen LogP contribution in [-0.4, -0.2) is 28.9 Å². The average Bonchev–Trinajstić information content (AvgIpc) is 3.24. The lowest BCUT2D eigenvalue weighted by Crippen LogP contribution is -2.41. The van der Waals surface area contributed by atoms with Crippen LogP contribution in [0.1, 0.15) is 41.5 Å². The summed E-state index contributed by atoms with van der Waals surface area (Å²) in [6, 6.07) is 28.4. The lowest BCUT2D eigenvalue weighted by atomic mass is 9.88. The van der Waals surface area contributed by atoms with Crippen molar-refractivity contribution in [2.75, 3.05) is 13.1 Å². The summed E-state index contributed by atoms with van der Waals surface area (Å²) in [4.78, 5) is 19.2. The van der Waals surface area contributed by atoms with E-state index in [4.69, 9.17) is 11.6 Å². The maximum atomic E-state index is 13.6. The van der Waals surface area contributed by atoms with Crippen molar-refractivity contribution < 1.29 is 4.79 Å². The van der Waals surface area contributed by atoms with Crippen LogP contribution in [0.3, 0.4) is 0 Å². The fraction of sp³-hybridized carbons (Fsp3) is 0.222. The van der Waals surface area contributed by atoms with Gasteiger partial charge in [-0.2, -0.15) is 0 Å². The number of carbonyl (C=O) groups excluding carboxylic acids is 1. The van der Waals surface area contributed by atoms with E-state index in [1.54, 1.807) is 0 Å². The Balaban J connectivity index is 1.34. The topological polar surface area (TPSA) is 36.1 Å². The van der Waals surface area contributed by atoms with E-state index in [2.05, 4.69) is 35.3 Å². The number of carbonyl (C=O) groups is 1. The fourth-order valence-corrected chi connectivity index (χ4v) is 4.89. The number of aromatic nitrogens is 1. The smallest absolute Gasteiger partial charge is 0.234 e. The van der Waals surface area contributed by atoms with Crippen molar-refractivity contribution in [3.63, 3.8) is 0 Å². The number of fused-ring (bicyclic) bond motifs is 1. The van der Waals surface area contributed by atoms with Crippen LogP contribution in [0.2, 0.25) is 5.02 Å². The van der Waals surface area contributed by atoms with Crippen LogP contribution < -0.4 is 0 Å². The second-order valence-corrected chi connectivity index (χ2v) is 8.75. The Bertz CT molecular complexity index is 1140. The second kappa shape index (κ2) is 8.60. The van der Waals surface area contributed by atoms with Gasteiger partial charge in [0.25, 0.3) is 0 Å². The number of nitrogens with zero attached hydrogens (tertiary/aromatic N) is 1. The molecule has 1 aliphatic heterocycles. The van der Waals surface area contributed by atoms with Crippen LogP contribution in [0.15, 0.2) is 84.9 Å². The lowest BCUT2D eigenvalue weighted by molar-refractivity contribution is -0.132. The minimum atomic E-state index is -0.255. The van der Waals surface area contributed by atoms with Crippen LogP contribution in [0.4, 0.5) is 0 Å². The number of halogens is 1. The van der Waals surface area contributed by atoms with Crippen LogP contribution in [-0.2, 0) is 4.79 Å². The number of H-pyrrole nitrogens is 1. The van der Waals surface area contributed by atoms with Gasteiger partial charge in [0.1, 0.15) is 0 Å². The number of piperidine rings is 1. The number of likely N-dealkylation sites (tertiary alicyclic amines) is 1. The first-order valence-corrected chi connectivity index (χ1v) is 11.2. The minimum Gasteiger partial charge on any atom is -0.358 e. The molecule has 2 heterocycles. The van der Waals surface area contributed by atoms with Crippen molar-refractivity contribution in [2.24, 2.45) is 0 Å². The molecule has 3 aromatic carbocycles. The summed E-state index contributed by atoms with van der Waals surface area (Å²) in [6.07, 6.45) is 1.92. The summed E-state index contributed by atoms with van der Waals surface area (Å²) in [5.74, 6) is 0.371. The molecule has 0 aliphatic carbocycles. The van der Waals surface area contributed by atoms with E-state index < -0.39 is 0 Å². The van der Waals surface area contributed by atoms with E-state index in [1.165, 1.54) is 5.69 Å². The normalized spacial score (nSPS) is 15.0. The summed E-state index contributed by atoms with van der Waals surface area (Å²) in [7, 11) is 0. The fourth-order valence-electron chi connectivity index (χ4n) is 4.71. The third kappa shape index (κ3) is 4.11. The molecule has 0 spiro atoms. The molecule has 4 aromatic rings. The zero-order chi connectivity index (χ0) is 21.2. The zero-order valence-electron chi connectivity index (χ0n) is 17.3. The second-order valence-electron chi connectivity index (χ2n) is 8.31. The summed E-state index contributed by atoms with van der Waals surface area (Å²) in [5, 5.41) is 1.90. The van der Waals surface area contributed by atoms with Crippen LogP contribution >= 0.6 is 11.6 Å². The van der Waals surface area contributed by atoms with Gasteiger partial charge >= 0.3 is 0 Å². The zero-order valence-corrected chi connectivity index (χ0v) is 18.1. The van der Waals surface area contributed by atoms with E-state index in [0.717, 1.165) is 53.0 Å². The minimum absolute atomic E-state index is 0.194. The van der Waals surface area contributed by atoms with Crippen molar-refractivity contribution in [2.45, 2.75) is 24.7 Å². The Morgan fingerprint density at radius 3 is 2.10 bits per heavy atom. The third-order valence-corrected chi connectivity index (χ3v) is 6.60. The Labute approximate surface area is 187 Å². The van der Waals surface area contributed by atoms with Crippen molar-refractivity contribution in [1.29, 1.82) is 0 Å². The highest BCUT2D eigenvalue weighted by Crippen LogP contribution is 2.33. The van der Waals surface area contributed by atoms with Gasteiger partial charge in [0.2, 0.25) is 5.91 Å². The first kappa shape index (κ1) is 19.9. The first-order valence-electron chi connectivity index (χ1n) is 10.9. The van der Waals surface area contributed by atoms with E-state index in [1.807, 2.05) is 59.5 Å². The summed E-state index contributed by atoms with van der Waals surface area (Å²) in [6.45, 7) is 1.55. The van der Waals surface area contributed by atoms with E-state index in [-0.39, 0.29) is 11.8 Å². The Hall–Kier alpha value is -3.04. The van der Waals surface area contributed by atoms with Gasteiger partial charge < -0.3 is 9.88 Å². The molecule has 0 bridgehead atoms. The number of rotatable bonds is 4. The molecule has 4 heteroatoms. The Morgan fingerprint density at radius 2 is 1.48 bits per heavy atom. The molecule has 1 aromatic heterocycles. The van der Waals surface area contributed by atoms with Gasteiger partial charge in [-0.05, 0) is 48.2 Å². The highest BCUT2D eigenvalue weighted by molar-refractivity contribution is 6.31. The SMILES string of the molecule is O=C(C(c1ccccc1)c1ccccc1)N1CCC(c2cc3cc(Cl)ccc3[nH]2)CC1. The first-order chi connectivity index (χ1) is 15.2. The highest BCUT2D eigenvalue weighted by Gasteiger charge is 2.31. The van der Waals surface area contributed by atoms with E-state index >= 15 is 0 Å². The molecular formula is C27H25ClN2O. The molecule has 0 saturated carbocycles. The molecule has 0 radical (unpaired) electrons. The molecule has 1 saturated heterocycles. The molecule has 156 valence electrons. The number of hydrogen-bond acceptors (Lipinski definition) is 1. The van der Waals surface area contributed by atoms with Crippen LogP contribution in [0, 0.1) is 0 Å². The van der Waals surface area contributed by atoms with Crippen LogP contribution in [0.5, 0.6) is 0 Å². The Morgan fingerprint density at radius 1 is 0.871 bits per heavy atom. The predicted octanol–water partition coefficient (Wildman–Crippen LogP) is 6.36. The standard InChI is InChI=1S/C27H25ClN2O/c28-23-11-12-24-22(17-23)18-25(29-24)19-13-15-30(16-14-19)27(31)26(20-7-3-1-4-8-20)21-9-5-2-6-10-21/h1-12,17-19,26,29H,13-16H2. The number of amides is 1. The predicted molar refractivity (Wildman–Crippen MR) is 127 cm³/mol. The molecule has 1 N–H and O–H groups in total. The van der Waals surface area contributed by atoms with Gasteiger partial charge in [-0.15, -0.1) is 0 Å². The molecule has 5 rings (SSSR count). The average molecular weight is 429 g/mol. The lowest BCUT2D eigenvalue weighted by Gasteiger charge is -2.34. The summed E-state index contributed by atoms with van der Waals surface area (Å²) in [5.41, 5.74) is 4.46. The van der Waals surface area contributed by atoms with Crippen molar-refractivity contribution in [1.82, 2.24) is 9.88 Å². The van der Waals surface area contributed by atoms with Gasteiger partial charge in [-0.1, -0.05) is 72.3 Å². The van der Waals surface area contributed by atoms with E-state index in [0.29, 0.717) is 5.92 Å². The number of hydrogen-bond donors (Lipinski definition) is 1. The number of nitrogens with one attached hydrogen (secondary N) is 1. The van der Waals surface area contributed by atoms with Gasteiger partial charge in [0.15, 0.2) is 0 Å². The van der Waals surface area contributed by atoms with Gasteiger partial charge in [0, 0.05) is 40.6 Å². The molecule has 1 fully saturated rings. The molecule has 3 nitrogen and oxygen atoms in total. The summed E-state index contributed by atoms with van der Waals surface area (Å²) < 4.78 is 0. The van der Waals surface area contributed by atoms with Crippen LogP contribution in [0.25, 0.3) is 10.9 Å². The monoisotopic (exact) mass is 428 g/mol. The molecule has 1 amide bonds. The maximum Gasteiger partial charge on any atom is 0.234 e. The van der Waals surface area contributed by atoms with Crippen molar-refractivity contribution in [3.8, 4) is 0 Å². The Kier molecular flexibility index (Phi) is 5.52. The van der Waals surface area contributed by atoms with Gasteiger partial charge in [-0.3, -0.25) is 4.79 Å². The largest absolute Gasteiger partial charge is 0.358 e. The van der Waals surface area contributed by atoms with E-state index in [9.17, 15) is 4.79 Å². The molecule has 1 aliphatic rings. The molecule has 0 unspecified atom stereocenters. The van der Waals surface area contributed by atoms with Gasteiger partial charge in [0.05, 0.1) is 5.92 Å². The number of aromatic amines is 1. The maximum absolute atomic E-state index is 13.6. The summed E-state index contributed by atoms with van der Waals surface area (Å²) >= 11 is 6.14. The van der Waals surface area contributed by atoms with Crippen molar-refractivity contribution in [3.05, 3.63) is 107 Å². The molecule has 0 atom stereocenters. The van der Waals surface area contributed by atoms with Crippen molar-refractivity contribution >= 4 is 28.4 Å². The van der Waals surface area contributed by atoms with Gasteiger partial charge in [-0.25, -0.2) is 0 Å². The third-order valence-electron chi connectivity index (χ3n) is 6.36.